The molecule has 1 aliphatic heterocycles. The van der Waals surface area contributed by atoms with Gasteiger partial charge in [-0.25, -0.2) is 5.01 Å². The first kappa shape index (κ1) is 12.3. The highest BCUT2D eigenvalue weighted by molar-refractivity contribution is 6.76. The predicted molar refractivity (Wildman–Crippen MR) is 57.5 cm³/mol. The molecule has 82 valence electrons. The van der Waals surface area contributed by atoms with Gasteiger partial charge in [0.25, 0.3) is 9.70 Å². The summed E-state index contributed by atoms with van der Waals surface area (Å²) in [5.41, 5.74) is 2.55. The Labute approximate surface area is 98.0 Å². The van der Waals surface area contributed by atoms with Crippen LogP contribution < -0.4 is 5.43 Å². The van der Waals surface area contributed by atoms with Gasteiger partial charge in [-0.2, -0.15) is 0 Å². The number of likely N-dealkylation sites (N-methyl/N-ethyl adjacent to an activating group) is 1. The summed E-state index contributed by atoms with van der Waals surface area (Å²) in [6, 6.07) is 0. The van der Waals surface area contributed by atoms with Crippen molar-refractivity contribution in [3.8, 4) is 0 Å². The molecule has 0 aromatic carbocycles. The van der Waals surface area contributed by atoms with Crippen molar-refractivity contribution in [1.82, 2.24) is 15.3 Å². The Morgan fingerprint density at radius 2 is 1.71 bits per heavy atom. The Hall–Kier alpha value is 0.260. The smallest absolute Gasteiger partial charge is 0.286 e. The highest BCUT2D eigenvalue weighted by atomic mass is 35.6. The van der Waals surface area contributed by atoms with E-state index in [1.54, 1.807) is 5.01 Å². The molecule has 0 radical (unpaired) electrons. The minimum atomic E-state index is -1.89. The SMILES string of the molecule is CN1CCN(NC(=O)C(Cl)(Cl)Cl)CC1. The maximum absolute atomic E-state index is 11.3. The quantitative estimate of drug-likeness (QED) is 0.703. The molecule has 4 nitrogen and oxygen atoms in total. The monoisotopic (exact) mass is 259 g/mol. The van der Waals surface area contributed by atoms with E-state index in [1.807, 2.05) is 7.05 Å². The van der Waals surface area contributed by atoms with Crippen LogP contribution in [0.2, 0.25) is 0 Å². The van der Waals surface area contributed by atoms with Gasteiger partial charge in [-0.05, 0) is 7.05 Å². The lowest BCUT2D eigenvalue weighted by Gasteiger charge is -2.32. The molecule has 0 aromatic rings. The summed E-state index contributed by atoms with van der Waals surface area (Å²) >= 11 is 16.2. The fourth-order valence-corrected chi connectivity index (χ4v) is 1.25. The number of rotatable bonds is 1. The molecule has 1 fully saturated rings. The van der Waals surface area contributed by atoms with Crippen LogP contribution in [0.3, 0.4) is 0 Å². The second-order valence-electron chi connectivity index (χ2n) is 3.23. The maximum Gasteiger partial charge on any atom is 0.286 e. The number of nitrogens with one attached hydrogen (secondary N) is 1. The lowest BCUT2D eigenvalue weighted by molar-refractivity contribution is -0.125. The van der Waals surface area contributed by atoms with Gasteiger partial charge in [-0.3, -0.25) is 10.2 Å². The van der Waals surface area contributed by atoms with Crippen molar-refractivity contribution in [2.24, 2.45) is 0 Å². The van der Waals surface area contributed by atoms with Crippen LogP contribution in [0.4, 0.5) is 0 Å². The summed E-state index contributed by atoms with van der Waals surface area (Å²) in [5.74, 6) is -0.605. The zero-order valence-corrected chi connectivity index (χ0v) is 10.0. The summed E-state index contributed by atoms with van der Waals surface area (Å²) in [4.78, 5) is 13.4. The fourth-order valence-electron chi connectivity index (χ4n) is 1.13. The number of nitrogens with zero attached hydrogens (tertiary/aromatic N) is 2. The van der Waals surface area contributed by atoms with Gasteiger partial charge < -0.3 is 4.90 Å². The third-order valence-electron chi connectivity index (χ3n) is 2.02. The number of hydrazine groups is 1. The first-order chi connectivity index (χ1) is 6.39. The van der Waals surface area contributed by atoms with Crippen molar-refractivity contribution >= 4 is 40.7 Å². The van der Waals surface area contributed by atoms with Crippen molar-refractivity contribution in [3.05, 3.63) is 0 Å². The Balaban J connectivity index is 2.35. The van der Waals surface area contributed by atoms with Gasteiger partial charge in [0, 0.05) is 26.2 Å². The molecule has 0 unspecified atom stereocenters. The lowest BCUT2D eigenvalue weighted by atomic mass is 10.4. The van der Waals surface area contributed by atoms with Crippen LogP contribution in [0.1, 0.15) is 0 Å². The van der Waals surface area contributed by atoms with Gasteiger partial charge >= 0.3 is 0 Å². The van der Waals surface area contributed by atoms with E-state index in [1.165, 1.54) is 0 Å². The largest absolute Gasteiger partial charge is 0.304 e. The molecule has 0 bridgehead atoms. The van der Waals surface area contributed by atoms with Crippen LogP contribution in [-0.4, -0.2) is 52.8 Å². The van der Waals surface area contributed by atoms with Crippen molar-refractivity contribution in [3.63, 3.8) is 0 Å². The minimum absolute atomic E-state index is 0.605. The number of piperazine rings is 1. The first-order valence-electron chi connectivity index (χ1n) is 4.21. The van der Waals surface area contributed by atoms with E-state index < -0.39 is 9.70 Å². The molecule has 0 saturated carbocycles. The van der Waals surface area contributed by atoms with Crippen molar-refractivity contribution in [2.75, 3.05) is 33.2 Å². The summed E-state index contributed by atoms with van der Waals surface area (Å²) < 4.78 is -1.89. The lowest BCUT2D eigenvalue weighted by Crippen LogP contribution is -2.54. The topological polar surface area (TPSA) is 35.6 Å². The molecule has 0 atom stereocenters. The van der Waals surface area contributed by atoms with Crippen LogP contribution >= 0.6 is 34.8 Å². The van der Waals surface area contributed by atoms with Gasteiger partial charge in [0.05, 0.1) is 0 Å². The molecule has 7 heteroatoms. The van der Waals surface area contributed by atoms with E-state index in [9.17, 15) is 4.79 Å². The zero-order chi connectivity index (χ0) is 10.8. The summed E-state index contributed by atoms with van der Waals surface area (Å²) in [5, 5.41) is 1.75. The predicted octanol–water partition coefficient (Wildman–Crippen LogP) is 0.635. The maximum atomic E-state index is 11.3. The minimum Gasteiger partial charge on any atom is -0.304 e. The van der Waals surface area contributed by atoms with E-state index in [0.29, 0.717) is 0 Å². The molecule has 1 amide bonds. The average molecular weight is 261 g/mol. The Morgan fingerprint density at radius 3 is 2.14 bits per heavy atom. The summed E-state index contributed by atoms with van der Waals surface area (Å²) in [7, 11) is 2.02. The second-order valence-corrected chi connectivity index (χ2v) is 5.51. The van der Waals surface area contributed by atoms with Crippen molar-refractivity contribution in [2.45, 2.75) is 3.79 Å². The van der Waals surface area contributed by atoms with Crippen LogP contribution in [-0.2, 0) is 4.79 Å². The Kier molecular flexibility index (Phi) is 4.28. The summed E-state index contributed by atoms with van der Waals surface area (Å²) in [6.45, 7) is 3.26. The number of amides is 1. The third kappa shape index (κ3) is 3.79. The fraction of sp³-hybridized carbons (Fsp3) is 0.857. The summed E-state index contributed by atoms with van der Waals surface area (Å²) in [6.07, 6.45) is 0. The highest BCUT2D eigenvalue weighted by Gasteiger charge is 2.32. The molecule has 0 aromatic heterocycles. The van der Waals surface area contributed by atoms with Crippen LogP contribution in [0.25, 0.3) is 0 Å². The standard InChI is InChI=1S/C7H12Cl3N3O/c1-12-2-4-13(5-3-12)11-6(14)7(8,9)10/h2-5H2,1H3,(H,11,14). The molecule has 1 saturated heterocycles. The Morgan fingerprint density at radius 1 is 1.21 bits per heavy atom. The molecular weight excluding hydrogens is 248 g/mol. The first-order valence-corrected chi connectivity index (χ1v) is 5.34. The van der Waals surface area contributed by atoms with Gasteiger partial charge in [0.1, 0.15) is 0 Å². The zero-order valence-electron chi connectivity index (χ0n) is 7.76. The number of hydrogen-bond donors (Lipinski definition) is 1. The molecule has 0 spiro atoms. The van der Waals surface area contributed by atoms with Gasteiger partial charge in [0.2, 0.25) is 0 Å². The van der Waals surface area contributed by atoms with E-state index in [0.717, 1.165) is 26.2 Å². The Bertz CT molecular complexity index is 211. The number of halogens is 3. The van der Waals surface area contributed by atoms with Crippen LogP contribution in [0, 0.1) is 0 Å². The van der Waals surface area contributed by atoms with Crippen molar-refractivity contribution < 1.29 is 4.79 Å². The van der Waals surface area contributed by atoms with E-state index in [2.05, 4.69) is 10.3 Å². The molecule has 0 aliphatic carbocycles. The van der Waals surface area contributed by atoms with Gasteiger partial charge in [0.15, 0.2) is 0 Å². The number of carbonyl (C=O) groups excluding carboxylic acids is 1. The molecule has 1 N–H and O–H groups in total. The third-order valence-corrected chi connectivity index (χ3v) is 2.54. The second kappa shape index (κ2) is 4.86. The molecule has 1 heterocycles. The van der Waals surface area contributed by atoms with Gasteiger partial charge in [-0.15, -0.1) is 0 Å². The van der Waals surface area contributed by atoms with E-state index in [-0.39, 0.29) is 0 Å². The number of carbonyl (C=O) groups is 1. The average Bonchev–Trinajstić information content (AvgIpc) is 2.07. The van der Waals surface area contributed by atoms with E-state index in [4.69, 9.17) is 34.8 Å². The van der Waals surface area contributed by atoms with E-state index >= 15 is 0 Å². The number of hydrogen-bond acceptors (Lipinski definition) is 3. The van der Waals surface area contributed by atoms with Gasteiger partial charge in [-0.1, -0.05) is 34.8 Å². The normalized spacial score (nSPS) is 20.9. The molecule has 1 rings (SSSR count). The highest BCUT2D eigenvalue weighted by Crippen LogP contribution is 2.25. The van der Waals surface area contributed by atoms with Crippen molar-refractivity contribution in [1.29, 1.82) is 0 Å². The molecule has 14 heavy (non-hydrogen) atoms. The number of alkyl halides is 3. The van der Waals surface area contributed by atoms with Crippen LogP contribution in [0.15, 0.2) is 0 Å². The van der Waals surface area contributed by atoms with Crippen LogP contribution in [0.5, 0.6) is 0 Å². The molecule has 1 aliphatic rings. The molecular formula is C7H12Cl3N3O.